The van der Waals surface area contributed by atoms with Gasteiger partial charge in [0.1, 0.15) is 5.01 Å². The highest BCUT2D eigenvalue weighted by molar-refractivity contribution is 7.25. The minimum atomic E-state index is 1.04. The van der Waals surface area contributed by atoms with Crippen molar-refractivity contribution >= 4 is 124 Å². The molecule has 55 heavy (non-hydrogen) atoms. The van der Waals surface area contributed by atoms with Gasteiger partial charge in [0.2, 0.25) is 0 Å². The fourth-order valence-electron chi connectivity index (χ4n) is 8.69. The van der Waals surface area contributed by atoms with Crippen LogP contribution < -0.4 is 4.90 Å². The van der Waals surface area contributed by atoms with Crippen LogP contribution in [-0.4, -0.2) is 4.98 Å². The van der Waals surface area contributed by atoms with Crippen LogP contribution in [-0.2, 0) is 0 Å². The normalized spacial score (nSPS) is 12.0. The van der Waals surface area contributed by atoms with Gasteiger partial charge in [-0.3, -0.25) is 0 Å². The van der Waals surface area contributed by atoms with Crippen LogP contribution >= 0.6 is 22.7 Å². The maximum Gasteiger partial charge on any atom is 0.124 e. The highest BCUT2D eigenvalue weighted by Crippen LogP contribution is 2.45. The Labute approximate surface area is 324 Å². The zero-order valence-electron chi connectivity index (χ0n) is 29.5. The van der Waals surface area contributed by atoms with Crippen molar-refractivity contribution in [3.05, 3.63) is 182 Å². The second kappa shape index (κ2) is 12.0. The van der Waals surface area contributed by atoms with Gasteiger partial charge in [-0.05, 0) is 103 Å². The zero-order valence-corrected chi connectivity index (χ0v) is 31.2. The number of rotatable bonds is 4. The number of nitrogens with zero attached hydrogens (tertiary/aromatic N) is 2. The summed E-state index contributed by atoms with van der Waals surface area (Å²) in [7, 11) is 0. The molecule has 0 unspecified atom stereocenters. The summed E-state index contributed by atoms with van der Waals surface area (Å²) in [6.45, 7) is 0. The smallest absolute Gasteiger partial charge is 0.124 e. The second-order valence-electron chi connectivity index (χ2n) is 14.3. The van der Waals surface area contributed by atoms with Gasteiger partial charge in [0.25, 0.3) is 0 Å². The van der Waals surface area contributed by atoms with Gasteiger partial charge in [-0.15, -0.1) is 22.7 Å². The van der Waals surface area contributed by atoms with Gasteiger partial charge in [-0.1, -0.05) is 127 Å². The Morgan fingerprint density at radius 3 is 1.65 bits per heavy atom. The molecule has 0 saturated heterocycles. The van der Waals surface area contributed by atoms with E-state index in [-0.39, 0.29) is 0 Å². The maximum absolute atomic E-state index is 5.13. The lowest BCUT2D eigenvalue weighted by Crippen LogP contribution is -2.10. The van der Waals surface area contributed by atoms with Crippen LogP contribution in [0, 0.1) is 0 Å². The highest BCUT2D eigenvalue weighted by Gasteiger charge is 2.19. The molecule has 256 valence electrons. The fourth-order valence-corrected chi connectivity index (χ4v) is 10.9. The Balaban J connectivity index is 1.14. The minimum Gasteiger partial charge on any atom is -0.310 e. The van der Waals surface area contributed by atoms with Gasteiger partial charge in [0, 0.05) is 48.2 Å². The van der Waals surface area contributed by atoms with E-state index in [1.807, 2.05) is 11.3 Å². The van der Waals surface area contributed by atoms with Crippen molar-refractivity contribution < 1.29 is 0 Å². The predicted octanol–water partition coefficient (Wildman–Crippen LogP) is 15.6. The minimum absolute atomic E-state index is 1.04. The number of thiazole rings is 1. The van der Waals surface area contributed by atoms with Gasteiger partial charge in [-0.2, -0.15) is 0 Å². The summed E-state index contributed by atoms with van der Waals surface area (Å²) in [6.07, 6.45) is 0. The topological polar surface area (TPSA) is 16.1 Å². The first kappa shape index (κ1) is 30.8. The Morgan fingerprint density at radius 2 is 0.891 bits per heavy atom. The van der Waals surface area contributed by atoms with E-state index in [0.717, 1.165) is 33.1 Å². The van der Waals surface area contributed by atoms with Crippen molar-refractivity contribution in [2.24, 2.45) is 0 Å². The molecule has 2 heterocycles. The molecule has 0 radical (unpaired) electrons. The monoisotopic (exact) mass is 734 g/mol. The molecule has 0 aliphatic carbocycles. The number of benzene rings is 10. The van der Waals surface area contributed by atoms with Gasteiger partial charge in [0.15, 0.2) is 0 Å². The number of fused-ring (bicyclic) bond motifs is 14. The number of anilines is 3. The molecule has 0 bridgehead atoms. The summed E-state index contributed by atoms with van der Waals surface area (Å²) in [5, 5.41) is 16.2. The molecule has 0 spiro atoms. The Bertz CT molecular complexity index is 3470. The Hall–Kier alpha value is -6.59. The van der Waals surface area contributed by atoms with E-state index >= 15 is 0 Å². The van der Waals surface area contributed by atoms with E-state index in [2.05, 4.69) is 187 Å². The molecule has 2 nitrogen and oxygen atoms in total. The predicted molar refractivity (Wildman–Crippen MR) is 240 cm³/mol. The molecule has 4 heteroatoms. The molecule has 0 aliphatic rings. The van der Waals surface area contributed by atoms with Crippen molar-refractivity contribution in [3.8, 4) is 10.6 Å². The van der Waals surface area contributed by atoms with E-state index in [4.69, 9.17) is 4.98 Å². The van der Waals surface area contributed by atoms with E-state index in [1.54, 1.807) is 11.3 Å². The third-order valence-corrected chi connectivity index (χ3v) is 13.5. The molecule has 0 amide bonds. The zero-order chi connectivity index (χ0) is 36.0. The quantitative estimate of drug-likeness (QED) is 0.167. The molecule has 2 aromatic heterocycles. The largest absolute Gasteiger partial charge is 0.310 e. The molecule has 12 aromatic rings. The highest BCUT2D eigenvalue weighted by atomic mass is 32.1. The number of aromatic nitrogens is 1. The summed E-state index contributed by atoms with van der Waals surface area (Å²) in [5.41, 5.74) is 5.56. The summed E-state index contributed by atoms with van der Waals surface area (Å²) in [6, 6.07) is 66.9. The lowest BCUT2D eigenvalue weighted by atomic mass is 9.94. The molecule has 0 atom stereocenters. The second-order valence-corrected chi connectivity index (χ2v) is 16.4. The van der Waals surface area contributed by atoms with E-state index in [0.29, 0.717) is 0 Å². The number of hydrogen-bond donors (Lipinski definition) is 0. The van der Waals surface area contributed by atoms with Crippen molar-refractivity contribution in [3.63, 3.8) is 0 Å². The van der Waals surface area contributed by atoms with E-state index < -0.39 is 0 Å². The first-order chi connectivity index (χ1) is 27.2. The summed E-state index contributed by atoms with van der Waals surface area (Å²) in [5.74, 6) is 0. The standard InChI is InChI=1S/C51H30N2S2/c1-2-10-33(11-3-1)51-52-46-26-21-32-19-18-31-20-22-34(28-43(31)49(32)50(46)55-51)53(36-24-27-48-45(30-36)42-16-8-9-17-47(42)54-48)35-23-25-41-39-14-5-4-12-37(39)38-13-6-7-15-40(38)44(41)29-35/h1-30H. The first-order valence-electron chi connectivity index (χ1n) is 18.6. The average molecular weight is 735 g/mol. The summed E-state index contributed by atoms with van der Waals surface area (Å²) >= 11 is 3.64. The number of thiophene rings is 1. The van der Waals surface area contributed by atoms with E-state index in [9.17, 15) is 0 Å². The van der Waals surface area contributed by atoms with Crippen LogP contribution in [0.1, 0.15) is 0 Å². The molecule has 10 aromatic carbocycles. The molecule has 0 saturated carbocycles. The van der Waals surface area contributed by atoms with Crippen molar-refractivity contribution in [1.82, 2.24) is 4.98 Å². The van der Waals surface area contributed by atoms with Crippen LogP contribution in [0.4, 0.5) is 17.1 Å². The third-order valence-electron chi connectivity index (χ3n) is 11.2. The summed E-state index contributed by atoms with van der Waals surface area (Å²) < 4.78 is 3.83. The van der Waals surface area contributed by atoms with Gasteiger partial charge < -0.3 is 4.90 Å². The fraction of sp³-hybridized carbons (Fsp3) is 0. The summed E-state index contributed by atoms with van der Waals surface area (Å²) in [4.78, 5) is 7.58. The van der Waals surface area contributed by atoms with Crippen LogP contribution in [0.3, 0.4) is 0 Å². The van der Waals surface area contributed by atoms with Crippen LogP contribution in [0.15, 0.2) is 182 Å². The Kier molecular flexibility index (Phi) is 6.70. The molecule has 0 aliphatic heterocycles. The SMILES string of the molecule is c1ccc(-c2nc3ccc4ccc5ccc(N(c6ccc7sc8ccccc8c7c6)c6ccc7c8ccccc8c8ccccc8c7c6)cc5c4c3s2)cc1. The van der Waals surface area contributed by atoms with Crippen molar-refractivity contribution in [2.45, 2.75) is 0 Å². The molecular formula is C51H30N2S2. The van der Waals surface area contributed by atoms with Crippen LogP contribution in [0.2, 0.25) is 0 Å². The molecule has 12 rings (SSSR count). The first-order valence-corrected chi connectivity index (χ1v) is 20.2. The average Bonchev–Trinajstić information content (AvgIpc) is 3.86. The van der Waals surface area contributed by atoms with Gasteiger partial charge in [-0.25, -0.2) is 4.98 Å². The lowest BCUT2D eigenvalue weighted by Gasteiger charge is -2.27. The van der Waals surface area contributed by atoms with Crippen LogP contribution in [0.5, 0.6) is 0 Å². The number of hydrogen-bond acceptors (Lipinski definition) is 4. The molecular weight excluding hydrogens is 705 g/mol. The van der Waals surface area contributed by atoms with Crippen molar-refractivity contribution in [1.29, 1.82) is 0 Å². The maximum atomic E-state index is 5.13. The van der Waals surface area contributed by atoms with Gasteiger partial charge in [0.05, 0.1) is 10.2 Å². The van der Waals surface area contributed by atoms with E-state index in [1.165, 1.54) is 78.7 Å². The third kappa shape index (κ3) is 4.75. The van der Waals surface area contributed by atoms with Crippen molar-refractivity contribution in [2.75, 3.05) is 4.90 Å². The Morgan fingerprint density at radius 1 is 0.364 bits per heavy atom. The van der Waals surface area contributed by atoms with Crippen LogP contribution in [0.25, 0.3) is 94.8 Å². The lowest BCUT2D eigenvalue weighted by molar-refractivity contribution is 1.30. The van der Waals surface area contributed by atoms with Gasteiger partial charge >= 0.3 is 0 Å². The molecule has 0 fully saturated rings. The molecule has 0 N–H and O–H groups in total.